The Morgan fingerprint density at radius 3 is 2.67 bits per heavy atom. The number of amides is 1. The lowest BCUT2D eigenvalue weighted by Crippen LogP contribution is -2.37. The summed E-state index contributed by atoms with van der Waals surface area (Å²) in [6.07, 6.45) is 4.42. The number of benzene rings is 1. The smallest absolute Gasteiger partial charge is 0.227 e. The van der Waals surface area contributed by atoms with Gasteiger partial charge in [-0.25, -0.2) is 0 Å². The molecular formula is C19H32N4O. The Morgan fingerprint density at radius 2 is 2.00 bits per heavy atom. The molecule has 0 aliphatic heterocycles. The second-order valence-corrected chi connectivity index (χ2v) is 6.06. The first-order valence-electron chi connectivity index (χ1n) is 8.95. The third-order valence-electron chi connectivity index (χ3n) is 4.01. The molecule has 0 fully saturated rings. The van der Waals surface area contributed by atoms with Gasteiger partial charge in [-0.05, 0) is 30.5 Å². The van der Waals surface area contributed by atoms with E-state index < -0.39 is 0 Å². The van der Waals surface area contributed by atoms with Crippen LogP contribution in [0, 0.1) is 5.92 Å². The molecule has 5 nitrogen and oxygen atoms in total. The molecule has 0 radical (unpaired) electrons. The third-order valence-corrected chi connectivity index (χ3v) is 4.01. The van der Waals surface area contributed by atoms with Gasteiger partial charge in [-0.1, -0.05) is 45.7 Å². The molecule has 134 valence electrons. The van der Waals surface area contributed by atoms with Crippen molar-refractivity contribution in [3.63, 3.8) is 0 Å². The topological polar surface area (TPSA) is 65.5 Å². The molecule has 0 aliphatic carbocycles. The molecule has 1 aromatic rings. The van der Waals surface area contributed by atoms with Crippen LogP contribution in [0.5, 0.6) is 0 Å². The maximum atomic E-state index is 12.0. The van der Waals surface area contributed by atoms with Crippen LogP contribution in [0.1, 0.15) is 52.0 Å². The number of hydrogen-bond acceptors (Lipinski definition) is 2. The number of nitrogens with one attached hydrogen (secondary N) is 3. The van der Waals surface area contributed by atoms with E-state index >= 15 is 0 Å². The Labute approximate surface area is 146 Å². The van der Waals surface area contributed by atoms with Gasteiger partial charge in [0.15, 0.2) is 5.96 Å². The maximum absolute atomic E-state index is 12.0. The molecule has 24 heavy (non-hydrogen) atoms. The van der Waals surface area contributed by atoms with Gasteiger partial charge in [0.05, 0.1) is 0 Å². The van der Waals surface area contributed by atoms with E-state index in [9.17, 15) is 4.79 Å². The quantitative estimate of drug-likeness (QED) is 0.368. The Balaban J connectivity index is 2.50. The van der Waals surface area contributed by atoms with Gasteiger partial charge in [0.1, 0.15) is 0 Å². The Bertz CT molecular complexity index is 528. The molecule has 1 unspecified atom stereocenters. The van der Waals surface area contributed by atoms with Crippen molar-refractivity contribution in [3.8, 4) is 0 Å². The Hall–Kier alpha value is -2.04. The molecule has 0 heterocycles. The molecule has 0 aromatic heterocycles. The van der Waals surface area contributed by atoms with Crippen LogP contribution in [0.2, 0.25) is 0 Å². The van der Waals surface area contributed by atoms with Crippen LogP contribution in [-0.2, 0) is 11.3 Å². The zero-order valence-electron chi connectivity index (χ0n) is 15.5. The number of unbranched alkanes of at least 4 members (excludes halogenated alkanes) is 2. The van der Waals surface area contributed by atoms with Gasteiger partial charge in [0.25, 0.3) is 0 Å². The summed E-state index contributed by atoms with van der Waals surface area (Å²) < 4.78 is 0. The maximum Gasteiger partial charge on any atom is 0.227 e. The van der Waals surface area contributed by atoms with E-state index in [1.54, 1.807) is 7.05 Å². The average Bonchev–Trinajstić information content (AvgIpc) is 2.60. The standard InChI is InChI=1S/C19H32N4O/c1-5-7-8-12-21-19(20-4)22-14-16-10-9-11-17(13-16)23-18(24)15(3)6-2/h9-11,13,15H,5-8,12,14H2,1-4H3,(H,23,24)(H2,20,21,22). The molecule has 3 N–H and O–H groups in total. The molecular weight excluding hydrogens is 300 g/mol. The van der Waals surface area contributed by atoms with Crippen molar-refractivity contribution in [1.29, 1.82) is 0 Å². The van der Waals surface area contributed by atoms with Crippen LogP contribution in [0.15, 0.2) is 29.3 Å². The molecule has 0 bridgehead atoms. The number of nitrogens with zero attached hydrogens (tertiary/aromatic N) is 1. The predicted molar refractivity (Wildman–Crippen MR) is 102 cm³/mol. The van der Waals surface area contributed by atoms with E-state index in [1.807, 2.05) is 38.1 Å². The first-order valence-corrected chi connectivity index (χ1v) is 8.95. The molecule has 0 saturated carbocycles. The van der Waals surface area contributed by atoms with Crippen LogP contribution in [0.3, 0.4) is 0 Å². The molecule has 1 rings (SSSR count). The number of carbonyl (C=O) groups is 1. The molecule has 0 saturated heterocycles. The summed E-state index contributed by atoms with van der Waals surface area (Å²) >= 11 is 0. The van der Waals surface area contributed by atoms with E-state index in [2.05, 4.69) is 27.9 Å². The van der Waals surface area contributed by atoms with Crippen molar-refractivity contribution in [2.24, 2.45) is 10.9 Å². The number of carbonyl (C=O) groups excluding carboxylic acids is 1. The highest BCUT2D eigenvalue weighted by Crippen LogP contribution is 2.13. The normalized spacial score (nSPS) is 12.6. The zero-order chi connectivity index (χ0) is 17.8. The summed E-state index contributed by atoms with van der Waals surface area (Å²) in [5, 5.41) is 9.59. The van der Waals surface area contributed by atoms with Crippen molar-refractivity contribution in [2.75, 3.05) is 18.9 Å². The van der Waals surface area contributed by atoms with Crippen LogP contribution >= 0.6 is 0 Å². The largest absolute Gasteiger partial charge is 0.356 e. The van der Waals surface area contributed by atoms with Gasteiger partial charge in [0, 0.05) is 31.7 Å². The van der Waals surface area contributed by atoms with E-state index in [1.165, 1.54) is 12.8 Å². The van der Waals surface area contributed by atoms with Crippen LogP contribution in [0.25, 0.3) is 0 Å². The first kappa shape index (κ1) is 20.0. The molecule has 1 amide bonds. The van der Waals surface area contributed by atoms with Crippen LogP contribution < -0.4 is 16.0 Å². The van der Waals surface area contributed by atoms with Crippen molar-refractivity contribution < 1.29 is 4.79 Å². The summed E-state index contributed by atoms with van der Waals surface area (Å²) in [5.41, 5.74) is 1.94. The van der Waals surface area contributed by atoms with Gasteiger partial charge in [-0.2, -0.15) is 0 Å². The molecule has 0 aliphatic rings. The molecule has 0 spiro atoms. The van der Waals surface area contributed by atoms with Crippen molar-refractivity contribution in [1.82, 2.24) is 10.6 Å². The summed E-state index contributed by atoms with van der Waals surface area (Å²) in [6.45, 7) is 7.75. The second-order valence-electron chi connectivity index (χ2n) is 6.06. The number of anilines is 1. The first-order chi connectivity index (χ1) is 11.6. The highest BCUT2D eigenvalue weighted by Gasteiger charge is 2.10. The third kappa shape index (κ3) is 7.49. The predicted octanol–water partition coefficient (Wildman–Crippen LogP) is 3.53. The summed E-state index contributed by atoms with van der Waals surface area (Å²) in [7, 11) is 1.78. The SMILES string of the molecule is CCCCCNC(=NC)NCc1cccc(NC(=O)C(C)CC)c1. The average molecular weight is 332 g/mol. The minimum absolute atomic E-state index is 0.0259. The van der Waals surface area contributed by atoms with E-state index in [-0.39, 0.29) is 11.8 Å². The van der Waals surface area contributed by atoms with E-state index in [0.717, 1.165) is 36.6 Å². The van der Waals surface area contributed by atoms with Gasteiger partial charge in [-0.15, -0.1) is 0 Å². The van der Waals surface area contributed by atoms with Crippen LogP contribution in [-0.4, -0.2) is 25.5 Å². The summed E-state index contributed by atoms with van der Waals surface area (Å²) in [6, 6.07) is 7.91. The van der Waals surface area contributed by atoms with Gasteiger partial charge >= 0.3 is 0 Å². The fraction of sp³-hybridized carbons (Fsp3) is 0.579. The summed E-state index contributed by atoms with van der Waals surface area (Å²) in [4.78, 5) is 16.2. The zero-order valence-corrected chi connectivity index (χ0v) is 15.5. The Morgan fingerprint density at radius 1 is 1.21 bits per heavy atom. The monoisotopic (exact) mass is 332 g/mol. The van der Waals surface area contributed by atoms with Gasteiger partial charge in [0.2, 0.25) is 5.91 Å². The molecule has 1 atom stereocenters. The molecule has 5 heteroatoms. The minimum atomic E-state index is 0.0259. The van der Waals surface area contributed by atoms with Crippen LogP contribution in [0.4, 0.5) is 5.69 Å². The van der Waals surface area contributed by atoms with E-state index in [4.69, 9.17) is 0 Å². The minimum Gasteiger partial charge on any atom is -0.356 e. The van der Waals surface area contributed by atoms with Crippen molar-refractivity contribution in [2.45, 2.75) is 53.0 Å². The highest BCUT2D eigenvalue weighted by atomic mass is 16.1. The number of hydrogen-bond donors (Lipinski definition) is 3. The van der Waals surface area contributed by atoms with Gasteiger partial charge in [-0.3, -0.25) is 9.79 Å². The lowest BCUT2D eigenvalue weighted by Gasteiger charge is -2.13. The fourth-order valence-electron chi connectivity index (χ4n) is 2.20. The number of rotatable bonds is 9. The van der Waals surface area contributed by atoms with E-state index in [0.29, 0.717) is 6.54 Å². The van der Waals surface area contributed by atoms with Crippen molar-refractivity contribution in [3.05, 3.63) is 29.8 Å². The Kier molecular flexibility index (Phi) is 9.58. The summed E-state index contributed by atoms with van der Waals surface area (Å²) in [5.74, 6) is 0.897. The van der Waals surface area contributed by atoms with Crippen molar-refractivity contribution >= 4 is 17.6 Å². The fourth-order valence-corrected chi connectivity index (χ4v) is 2.20. The van der Waals surface area contributed by atoms with Gasteiger partial charge < -0.3 is 16.0 Å². The molecule has 1 aromatic carbocycles. The lowest BCUT2D eigenvalue weighted by atomic mass is 10.1. The lowest BCUT2D eigenvalue weighted by molar-refractivity contribution is -0.119. The highest BCUT2D eigenvalue weighted by molar-refractivity contribution is 5.92. The second kappa shape index (κ2) is 11.5. The number of guanidine groups is 1. The number of aliphatic imine (C=N–C) groups is 1.